The maximum atomic E-state index is 4.18. The maximum absolute atomic E-state index is 4.18. The summed E-state index contributed by atoms with van der Waals surface area (Å²) >= 11 is 0. The monoisotopic (exact) mass is 177 g/mol. The first-order valence-corrected chi connectivity index (χ1v) is 4.55. The van der Waals surface area contributed by atoms with Gasteiger partial charge in [0.15, 0.2) is 0 Å². The molecule has 0 radical (unpaired) electrons. The molecule has 0 atom stereocenters. The van der Waals surface area contributed by atoms with Crippen molar-refractivity contribution in [1.82, 2.24) is 15.2 Å². The molecule has 2 rings (SSSR count). The minimum absolute atomic E-state index is 0.995. The van der Waals surface area contributed by atoms with Gasteiger partial charge in [0, 0.05) is 23.0 Å². The third-order valence-corrected chi connectivity index (χ3v) is 1.77. The van der Waals surface area contributed by atoms with Gasteiger partial charge >= 0.3 is 0 Å². The SMILES string of the molecule is CC.Cc1cc2n[nH]c(C)c2cn1. The minimum atomic E-state index is 0.995. The third-order valence-electron chi connectivity index (χ3n) is 1.77. The van der Waals surface area contributed by atoms with Gasteiger partial charge in [0.05, 0.1) is 5.52 Å². The second-order valence-electron chi connectivity index (χ2n) is 2.69. The zero-order valence-corrected chi connectivity index (χ0v) is 8.55. The number of aromatic amines is 1. The number of fused-ring (bicyclic) bond motifs is 1. The second kappa shape index (κ2) is 4.03. The van der Waals surface area contributed by atoms with Crippen LogP contribution in [0.3, 0.4) is 0 Å². The fourth-order valence-electron chi connectivity index (χ4n) is 1.13. The predicted octanol–water partition coefficient (Wildman–Crippen LogP) is 2.60. The van der Waals surface area contributed by atoms with Crippen molar-refractivity contribution in [3.05, 3.63) is 23.7 Å². The number of aryl methyl sites for hydroxylation is 2. The number of H-pyrrole nitrogens is 1. The van der Waals surface area contributed by atoms with E-state index in [1.165, 1.54) is 0 Å². The first-order valence-electron chi connectivity index (χ1n) is 4.55. The average molecular weight is 177 g/mol. The fourth-order valence-corrected chi connectivity index (χ4v) is 1.13. The van der Waals surface area contributed by atoms with Crippen LogP contribution in [0.25, 0.3) is 10.9 Å². The number of nitrogens with one attached hydrogen (secondary N) is 1. The van der Waals surface area contributed by atoms with Gasteiger partial charge in [-0.3, -0.25) is 10.1 Å². The molecule has 0 aliphatic rings. The zero-order valence-electron chi connectivity index (χ0n) is 8.55. The Kier molecular flexibility index (Phi) is 3.01. The van der Waals surface area contributed by atoms with E-state index in [2.05, 4.69) is 15.2 Å². The number of pyridine rings is 1. The molecule has 1 N–H and O–H groups in total. The van der Waals surface area contributed by atoms with Gasteiger partial charge in [-0.2, -0.15) is 5.10 Å². The standard InChI is InChI=1S/C8H9N3.C2H6/c1-5-3-8-7(4-9-5)6(2)10-11-8;1-2/h3-4H,1-2H3,(H,10,11);1-2H3. The van der Waals surface area contributed by atoms with E-state index in [1.807, 2.05) is 40.0 Å². The average Bonchev–Trinajstić information content (AvgIpc) is 2.51. The lowest BCUT2D eigenvalue weighted by Crippen LogP contribution is -1.78. The van der Waals surface area contributed by atoms with E-state index in [4.69, 9.17) is 0 Å². The number of rotatable bonds is 0. The lowest BCUT2D eigenvalue weighted by Gasteiger charge is -1.89. The van der Waals surface area contributed by atoms with Crippen LogP contribution in [0.15, 0.2) is 12.3 Å². The molecular formula is C10H15N3. The van der Waals surface area contributed by atoms with Crippen molar-refractivity contribution in [2.24, 2.45) is 0 Å². The lowest BCUT2D eigenvalue weighted by molar-refractivity contribution is 1.07. The van der Waals surface area contributed by atoms with Crippen molar-refractivity contribution >= 4 is 10.9 Å². The zero-order chi connectivity index (χ0) is 9.84. The largest absolute Gasteiger partial charge is 0.282 e. The van der Waals surface area contributed by atoms with E-state index < -0.39 is 0 Å². The van der Waals surface area contributed by atoms with Crippen molar-refractivity contribution in [1.29, 1.82) is 0 Å². The second-order valence-corrected chi connectivity index (χ2v) is 2.69. The number of aromatic nitrogens is 3. The highest BCUT2D eigenvalue weighted by molar-refractivity contribution is 5.80. The molecule has 0 spiro atoms. The van der Waals surface area contributed by atoms with Crippen LogP contribution in [0.5, 0.6) is 0 Å². The summed E-state index contributed by atoms with van der Waals surface area (Å²) in [4.78, 5) is 4.18. The quantitative estimate of drug-likeness (QED) is 0.672. The highest BCUT2D eigenvalue weighted by atomic mass is 15.1. The van der Waals surface area contributed by atoms with Crippen molar-refractivity contribution in [2.75, 3.05) is 0 Å². The molecule has 0 saturated heterocycles. The van der Waals surface area contributed by atoms with Crippen LogP contribution in [0, 0.1) is 13.8 Å². The first-order chi connectivity index (χ1) is 6.27. The highest BCUT2D eigenvalue weighted by Crippen LogP contribution is 2.13. The molecule has 0 amide bonds. The Morgan fingerprint density at radius 3 is 2.62 bits per heavy atom. The van der Waals surface area contributed by atoms with E-state index in [0.717, 1.165) is 22.3 Å². The Morgan fingerprint density at radius 2 is 1.92 bits per heavy atom. The lowest BCUT2D eigenvalue weighted by atomic mass is 10.2. The molecule has 3 nitrogen and oxygen atoms in total. The molecular weight excluding hydrogens is 162 g/mol. The Bertz CT molecular complexity index is 390. The van der Waals surface area contributed by atoms with Gasteiger partial charge in [0.2, 0.25) is 0 Å². The van der Waals surface area contributed by atoms with Crippen LogP contribution >= 0.6 is 0 Å². The normalized spacial score (nSPS) is 9.54. The Labute approximate surface area is 78.2 Å². The van der Waals surface area contributed by atoms with Crippen molar-refractivity contribution < 1.29 is 0 Å². The maximum Gasteiger partial charge on any atom is 0.0957 e. The van der Waals surface area contributed by atoms with E-state index in [9.17, 15) is 0 Å². The molecule has 0 unspecified atom stereocenters. The van der Waals surface area contributed by atoms with Gasteiger partial charge < -0.3 is 0 Å². The van der Waals surface area contributed by atoms with Gasteiger partial charge in [-0.05, 0) is 19.9 Å². The van der Waals surface area contributed by atoms with Gasteiger partial charge in [-0.1, -0.05) is 13.8 Å². The van der Waals surface area contributed by atoms with Gasteiger partial charge in [0.1, 0.15) is 0 Å². The summed E-state index contributed by atoms with van der Waals surface area (Å²) in [5, 5.41) is 8.13. The predicted molar refractivity (Wildman–Crippen MR) is 54.7 cm³/mol. The van der Waals surface area contributed by atoms with E-state index >= 15 is 0 Å². The third kappa shape index (κ3) is 1.86. The number of hydrogen-bond donors (Lipinski definition) is 1. The van der Waals surface area contributed by atoms with Gasteiger partial charge in [0.25, 0.3) is 0 Å². The van der Waals surface area contributed by atoms with Crippen molar-refractivity contribution in [3.63, 3.8) is 0 Å². The van der Waals surface area contributed by atoms with Gasteiger partial charge in [-0.25, -0.2) is 0 Å². The molecule has 70 valence electrons. The van der Waals surface area contributed by atoms with Crippen LogP contribution in [0.4, 0.5) is 0 Å². The molecule has 3 heteroatoms. The summed E-state index contributed by atoms with van der Waals surface area (Å²) < 4.78 is 0. The highest BCUT2D eigenvalue weighted by Gasteiger charge is 1.99. The summed E-state index contributed by atoms with van der Waals surface area (Å²) in [5.74, 6) is 0. The Hall–Kier alpha value is -1.38. The molecule has 0 aliphatic carbocycles. The molecule has 13 heavy (non-hydrogen) atoms. The summed E-state index contributed by atoms with van der Waals surface area (Å²) in [6.07, 6.45) is 1.85. The molecule has 0 saturated carbocycles. The molecule has 0 bridgehead atoms. The van der Waals surface area contributed by atoms with Crippen LogP contribution in [0.2, 0.25) is 0 Å². The molecule has 0 aliphatic heterocycles. The summed E-state index contributed by atoms with van der Waals surface area (Å²) in [6, 6.07) is 1.97. The Morgan fingerprint density at radius 1 is 1.23 bits per heavy atom. The molecule has 0 fully saturated rings. The molecule has 0 aromatic carbocycles. The molecule has 2 heterocycles. The first kappa shape index (κ1) is 9.71. The van der Waals surface area contributed by atoms with Crippen LogP contribution < -0.4 is 0 Å². The topological polar surface area (TPSA) is 41.6 Å². The Balaban J connectivity index is 0.000000396. The smallest absolute Gasteiger partial charge is 0.0957 e. The van der Waals surface area contributed by atoms with Gasteiger partial charge in [-0.15, -0.1) is 0 Å². The number of nitrogens with zero attached hydrogens (tertiary/aromatic N) is 2. The van der Waals surface area contributed by atoms with E-state index in [0.29, 0.717) is 0 Å². The van der Waals surface area contributed by atoms with E-state index in [1.54, 1.807) is 0 Å². The fraction of sp³-hybridized carbons (Fsp3) is 0.400. The van der Waals surface area contributed by atoms with Crippen LogP contribution in [-0.4, -0.2) is 15.2 Å². The summed E-state index contributed by atoms with van der Waals surface area (Å²) in [6.45, 7) is 7.95. The van der Waals surface area contributed by atoms with Crippen molar-refractivity contribution in [2.45, 2.75) is 27.7 Å². The molecule has 2 aromatic rings. The summed E-state index contributed by atoms with van der Waals surface area (Å²) in [7, 11) is 0. The minimum Gasteiger partial charge on any atom is -0.282 e. The summed E-state index contributed by atoms with van der Waals surface area (Å²) in [5.41, 5.74) is 3.08. The number of hydrogen-bond acceptors (Lipinski definition) is 2. The van der Waals surface area contributed by atoms with E-state index in [-0.39, 0.29) is 0 Å². The van der Waals surface area contributed by atoms with Crippen LogP contribution in [0.1, 0.15) is 25.2 Å². The van der Waals surface area contributed by atoms with Crippen LogP contribution in [-0.2, 0) is 0 Å². The van der Waals surface area contributed by atoms with Crippen molar-refractivity contribution in [3.8, 4) is 0 Å². The molecule has 2 aromatic heterocycles.